The van der Waals surface area contributed by atoms with Gasteiger partial charge >= 0.3 is 30.0 Å². The average Bonchev–Trinajstić information content (AvgIpc) is 3.67. The molecular weight excluding hydrogens is 969 g/mol. The molecule has 0 bridgehead atoms. The van der Waals surface area contributed by atoms with E-state index >= 15 is 0 Å². The molecule has 410 valence electrons. The van der Waals surface area contributed by atoms with Gasteiger partial charge in [-0.1, -0.05) is 66.7 Å². The number of unbranched alkanes of at least 4 members (excludes halogenated alkanes) is 1. The van der Waals surface area contributed by atoms with E-state index in [1.165, 1.54) is 0 Å². The van der Waals surface area contributed by atoms with Gasteiger partial charge in [0.2, 0.25) is 11.8 Å². The van der Waals surface area contributed by atoms with E-state index in [-0.39, 0.29) is 68.4 Å². The number of amides is 5. The minimum atomic E-state index is -1.23. The second kappa shape index (κ2) is 26.1. The quantitative estimate of drug-likeness (QED) is 0.0300. The Kier molecular flexibility index (Phi) is 20.0. The summed E-state index contributed by atoms with van der Waals surface area (Å²) in [7, 11) is 0. The van der Waals surface area contributed by atoms with Gasteiger partial charge in [0.1, 0.15) is 41.5 Å². The Morgan fingerprint density at radius 3 is 1.83 bits per heavy atom. The maximum absolute atomic E-state index is 14.0. The molecule has 1 fully saturated rings. The van der Waals surface area contributed by atoms with Gasteiger partial charge in [0, 0.05) is 49.4 Å². The fourth-order valence-corrected chi connectivity index (χ4v) is 9.54. The van der Waals surface area contributed by atoms with Gasteiger partial charge in [-0.05, 0) is 160 Å². The number of pyridine rings is 1. The zero-order chi connectivity index (χ0) is 55.2. The number of urea groups is 1. The van der Waals surface area contributed by atoms with Gasteiger partial charge < -0.3 is 45.5 Å². The van der Waals surface area contributed by atoms with Crippen LogP contribution >= 0.6 is 0 Å². The lowest BCUT2D eigenvalue weighted by Crippen LogP contribution is -2.53. The van der Waals surface area contributed by atoms with Crippen molar-refractivity contribution in [1.29, 1.82) is 0 Å². The topological polar surface area (TPSA) is 229 Å². The van der Waals surface area contributed by atoms with Crippen LogP contribution in [0.15, 0.2) is 85.1 Å². The zero-order valence-corrected chi connectivity index (χ0v) is 45.7. The predicted molar refractivity (Wildman–Crippen MR) is 289 cm³/mol. The first kappa shape index (κ1) is 58.2. The number of aromatic nitrogens is 1. The Morgan fingerprint density at radius 1 is 0.632 bits per heavy atom. The van der Waals surface area contributed by atoms with Crippen molar-refractivity contribution in [2.24, 2.45) is 11.8 Å². The molecular formula is C59H78N6O11. The number of hydrogen-bond acceptors (Lipinski definition) is 12. The van der Waals surface area contributed by atoms with E-state index in [9.17, 15) is 33.6 Å². The third kappa shape index (κ3) is 18.1. The number of alkyl carbamates (subject to hydrolysis) is 1. The number of rotatable bonds is 21. The van der Waals surface area contributed by atoms with Gasteiger partial charge in [0.15, 0.2) is 0 Å². The fraction of sp³-hybridized carbons (Fsp3) is 0.525. The van der Waals surface area contributed by atoms with E-state index in [4.69, 9.17) is 18.9 Å². The van der Waals surface area contributed by atoms with E-state index in [0.717, 1.165) is 38.7 Å². The van der Waals surface area contributed by atoms with Gasteiger partial charge in [-0.3, -0.25) is 19.4 Å². The molecule has 17 nitrogen and oxygen atoms in total. The van der Waals surface area contributed by atoms with Gasteiger partial charge in [0.25, 0.3) is 0 Å². The number of esters is 3. The van der Waals surface area contributed by atoms with E-state index < -0.39 is 65.0 Å². The Labute approximate surface area is 447 Å². The first-order valence-corrected chi connectivity index (χ1v) is 26.7. The minimum absolute atomic E-state index is 0.0372. The van der Waals surface area contributed by atoms with Crippen LogP contribution in [0.5, 0.6) is 0 Å². The van der Waals surface area contributed by atoms with Crippen LogP contribution in [0.25, 0.3) is 22.0 Å². The van der Waals surface area contributed by atoms with Crippen LogP contribution in [0.4, 0.5) is 9.59 Å². The lowest BCUT2D eigenvalue weighted by Gasteiger charge is -2.29. The van der Waals surface area contributed by atoms with Crippen LogP contribution in [0, 0.1) is 11.8 Å². The molecule has 0 radical (unpaired) electrons. The number of carbonyl (C=O) groups excluding carboxylic acids is 7. The molecule has 2 aliphatic rings. The number of benzene rings is 3. The third-order valence-electron chi connectivity index (χ3n) is 13.1. The number of carbonyl (C=O) groups is 7. The Balaban J connectivity index is 1.01. The lowest BCUT2D eigenvalue weighted by atomic mass is 9.81. The Morgan fingerprint density at radius 2 is 1.22 bits per heavy atom. The molecule has 1 saturated carbocycles. The number of fused-ring (bicyclic) bond motifs is 4. The predicted octanol–water partition coefficient (Wildman–Crippen LogP) is 8.74. The normalized spacial score (nSPS) is 16.6. The van der Waals surface area contributed by atoms with Crippen molar-refractivity contribution in [3.8, 4) is 11.1 Å². The maximum Gasteiger partial charge on any atom is 0.407 e. The molecule has 3 aromatic carbocycles. The van der Waals surface area contributed by atoms with Gasteiger partial charge in [-0.15, -0.1) is 0 Å². The third-order valence-corrected chi connectivity index (χ3v) is 13.1. The van der Waals surface area contributed by atoms with Crippen molar-refractivity contribution in [3.63, 3.8) is 0 Å². The van der Waals surface area contributed by atoms with Crippen molar-refractivity contribution in [3.05, 3.63) is 102 Å². The van der Waals surface area contributed by atoms with Gasteiger partial charge in [0.05, 0.1) is 5.52 Å². The molecule has 2 aliphatic carbocycles. The molecule has 0 spiro atoms. The van der Waals surface area contributed by atoms with E-state index in [1.807, 2.05) is 54.6 Å². The van der Waals surface area contributed by atoms with E-state index in [1.54, 1.807) is 68.5 Å². The highest BCUT2D eigenvalue weighted by Gasteiger charge is 2.34. The second-order valence-corrected chi connectivity index (χ2v) is 22.9. The molecule has 76 heavy (non-hydrogen) atoms. The van der Waals surface area contributed by atoms with Crippen LogP contribution < -0.4 is 26.6 Å². The highest BCUT2D eigenvalue weighted by Crippen LogP contribution is 2.44. The van der Waals surface area contributed by atoms with E-state index in [2.05, 4.69) is 55.8 Å². The van der Waals surface area contributed by atoms with Crippen molar-refractivity contribution < 1.29 is 52.5 Å². The summed E-state index contributed by atoms with van der Waals surface area (Å²) in [6, 6.07) is 21.8. The number of ether oxygens (including phenoxy) is 4. The van der Waals surface area contributed by atoms with Gasteiger partial charge in [-0.25, -0.2) is 19.2 Å². The zero-order valence-electron chi connectivity index (χ0n) is 45.7. The van der Waals surface area contributed by atoms with Crippen LogP contribution in [-0.2, 0) is 49.3 Å². The summed E-state index contributed by atoms with van der Waals surface area (Å²) >= 11 is 0. The van der Waals surface area contributed by atoms with Crippen molar-refractivity contribution >= 4 is 52.7 Å². The molecule has 0 saturated heterocycles. The lowest BCUT2D eigenvalue weighted by molar-refractivity contribution is -0.159. The summed E-state index contributed by atoms with van der Waals surface area (Å²) in [5, 5.41) is 15.1. The molecule has 1 heterocycles. The monoisotopic (exact) mass is 1050 g/mol. The largest absolute Gasteiger partial charge is 0.460 e. The highest BCUT2D eigenvalue weighted by atomic mass is 16.6. The summed E-state index contributed by atoms with van der Waals surface area (Å²) in [4.78, 5) is 98.0. The second-order valence-electron chi connectivity index (χ2n) is 22.9. The summed E-state index contributed by atoms with van der Waals surface area (Å²) in [5.41, 5.74) is 3.68. The van der Waals surface area contributed by atoms with Crippen LogP contribution in [-0.4, -0.2) is 101 Å². The SMILES string of the molecule is CC(C)(C)OC(=O)CC[C@H](NC(=O)N[C@@H](CCCCNC(=O)[C@@H](Cc1ccc2cccnc2c1)NC(=O)C1CCC(CNC(=O)OCC2c3ccccc3-c3ccccc32)CC1)C(=O)OC(C)(C)C)C(=O)OC(C)(C)C. The first-order chi connectivity index (χ1) is 35.9. The molecule has 3 atom stereocenters. The molecule has 5 N–H and O–H groups in total. The molecule has 1 aromatic heterocycles. The first-order valence-electron chi connectivity index (χ1n) is 26.7. The molecule has 4 aromatic rings. The van der Waals surface area contributed by atoms with Crippen molar-refractivity contribution in [1.82, 2.24) is 31.6 Å². The number of nitrogens with zero attached hydrogens (tertiary/aromatic N) is 1. The Bertz CT molecular complexity index is 2630. The number of nitrogens with one attached hydrogen (secondary N) is 5. The summed E-state index contributed by atoms with van der Waals surface area (Å²) in [6.45, 7) is 16.2. The smallest absolute Gasteiger partial charge is 0.407 e. The average molecular weight is 1050 g/mol. The van der Waals surface area contributed by atoms with Crippen LogP contribution in [0.3, 0.4) is 0 Å². The molecule has 0 unspecified atom stereocenters. The number of hydrogen-bond donors (Lipinski definition) is 5. The fourth-order valence-electron chi connectivity index (χ4n) is 9.54. The molecule has 17 heteroatoms. The molecule has 0 aliphatic heterocycles. The maximum atomic E-state index is 14.0. The van der Waals surface area contributed by atoms with Crippen molar-refractivity contribution in [2.45, 2.75) is 167 Å². The summed E-state index contributed by atoms with van der Waals surface area (Å²) in [5.74, 6) is -2.79. The summed E-state index contributed by atoms with van der Waals surface area (Å²) < 4.78 is 22.3. The van der Waals surface area contributed by atoms with Gasteiger partial charge in [-0.2, -0.15) is 0 Å². The van der Waals surface area contributed by atoms with Crippen LogP contribution in [0.2, 0.25) is 0 Å². The standard InChI is InChI=1S/C59H78N6O11/c1-57(2,3)74-50(66)30-29-47(54(70)76-59(7,8)9)65-55(71)64-46(53(69)75-58(4,5)6)22-14-15-31-61-52(68)49(34-38-25-26-39-17-16-32-60-48(39)33-38)63-51(67)40-27-23-37(24-28-40)35-62-56(72)73-36-45-43-20-12-10-18-41(43)42-19-11-13-21-44(42)45/h10-13,16-21,25-26,32-33,37,40,45-47,49H,14-15,22-24,27-31,34-36H2,1-9H3,(H,61,68)(H,62,72)(H,63,67)(H2,64,65,71)/t37?,40?,46-,47-,49+/m0/s1. The Hall–Kier alpha value is -7.04. The molecule has 5 amide bonds. The summed E-state index contributed by atoms with van der Waals surface area (Å²) in [6.07, 6.45) is 4.67. The highest BCUT2D eigenvalue weighted by molar-refractivity contribution is 5.90. The van der Waals surface area contributed by atoms with Crippen molar-refractivity contribution in [2.75, 3.05) is 19.7 Å². The molecule has 6 rings (SSSR count). The minimum Gasteiger partial charge on any atom is -0.460 e. The van der Waals surface area contributed by atoms with Crippen LogP contribution in [0.1, 0.15) is 143 Å². The van der Waals surface area contributed by atoms with E-state index in [0.29, 0.717) is 45.1 Å².